The summed E-state index contributed by atoms with van der Waals surface area (Å²) in [6, 6.07) is 22.2. The van der Waals surface area contributed by atoms with Crippen LogP contribution in [0.15, 0.2) is 132 Å². The summed E-state index contributed by atoms with van der Waals surface area (Å²) in [7, 11) is -8.00. The molecule has 0 saturated heterocycles. The van der Waals surface area contributed by atoms with Crippen molar-refractivity contribution in [3.05, 3.63) is 144 Å². The summed E-state index contributed by atoms with van der Waals surface area (Å²) < 4.78 is 56.1. The van der Waals surface area contributed by atoms with Gasteiger partial charge in [-0.1, -0.05) is 90.1 Å². The fourth-order valence-electron chi connectivity index (χ4n) is 6.89. The summed E-state index contributed by atoms with van der Waals surface area (Å²) in [5.41, 5.74) is 3.11. The number of nitrogens with one attached hydrogen (secondary N) is 2. The maximum atomic E-state index is 13.5. The third kappa shape index (κ3) is 11.5. The third-order valence-corrected chi connectivity index (χ3v) is 13.8. The van der Waals surface area contributed by atoms with Crippen molar-refractivity contribution in [2.75, 3.05) is 0 Å². The van der Waals surface area contributed by atoms with E-state index in [0.717, 1.165) is 3.97 Å². The van der Waals surface area contributed by atoms with Crippen LogP contribution in [0.25, 0.3) is 22.5 Å². The van der Waals surface area contributed by atoms with Crippen LogP contribution in [0.4, 0.5) is 9.59 Å². The molecule has 4 heterocycles. The Kier molecular flexibility index (Phi) is 15.0. The van der Waals surface area contributed by atoms with Gasteiger partial charge in [-0.3, -0.25) is 14.8 Å². The van der Waals surface area contributed by atoms with Gasteiger partial charge in [-0.15, -0.1) is 0 Å². The van der Waals surface area contributed by atoms with Crippen LogP contribution in [-0.4, -0.2) is 80.6 Å². The monoisotopic (exact) mass is 912 g/mol. The van der Waals surface area contributed by atoms with E-state index in [4.69, 9.17) is 0 Å². The minimum Gasteiger partial charge on any atom is -0.465 e. The molecule has 0 bridgehead atoms. The third-order valence-electron chi connectivity index (χ3n) is 10.5. The largest absolute Gasteiger partial charge is 0.465 e. The molecule has 2 atom stereocenters. The van der Waals surface area contributed by atoms with Crippen molar-refractivity contribution in [1.82, 2.24) is 28.5 Å². The molecular weight excluding hydrogens is 861 g/mol. The van der Waals surface area contributed by atoms with Crippen LogP contribution in [0.2, 0.25) is 0 Å². The molecule has 0 saturated carbocycles. The number of rotatable bonds is 14. The first-order valence-electron chi connectivity index (χ1n) is 20.0. The van der Waals surface area contributed by atoms with E-state index >= 15 is 0 Å². The van der Waals surface area contributed by atoms with Crippen molar-refractivity contribution in [2.24, 2.45) is 10.8 Å². The van der Waals surface area contributed by atoms with Gasteiger partial charge in [0.1, 0.15) is 9.79 Å². The summed E-state index contributed by atoms with van der Waals surface area (Å²) in [6.45, 7) is 11.2. The van der Waals surface area contributed by atoms with Gasteiger partial charge in [-0.25, -0.2) is 34.4 Å². The fourth-order valence-corrected chi connectivity index (χ4v) is 9.60. The summed E-state index contributed by atoms with van der Waals surface area (Å²) >= 11 is 0. The molecular formula is C46H52N6O10S2. The first kappa shape index (κ1) is 48.4. The van der Waals surface area contributed by atoms with Crippen molar-refractivity contribution >= 4 is 38.5 Å². The van der Waals surface area contributed by atoms with E-state index in [1.54, 1.807) is 66.7 Å². The Balaban J connectivity index is 0.000000241. The lowest BCUT2D eigenvalue weighted by molar-refractivity contribution is 0.112. The molecule has 6 rings (SSSR count). The zero-order valence-electron chi connectivity index (χ0n) is 36.2. The van der Waals surface area contributed by atoms with Gasteiger partial charge in [0, 0.05) is 66.0 Å². The first-order valence-corrected chi connectivity index (χ1v) is 22.9. The SMILES string of the molecule is CC(C)(C)C(Cc1cc(-c2ccccc2C=O)n(S(=O)(=O)c2cccnc2)c1)NC(=O)O.CC(C)(C)C(Cc1cc(-c2ccccc2CO)n(S(=O)(=O)c2cccnc2)c1)NC(=O)O. The second-order valence-electron chi connectivity index (χ2n) is 17.1. The van der Waals surface area contributed by atoms with Crippen LogP contribution in [0.1, 0.15) is 68.6 Å². The molecule has 5 N–H and O–H groups in total. The molecule has 0 radical (unpaired) electrons. The second kappa shape index (κ2) is 19.8. The van der Waals surface area contributed by atoms with E-state index in [9.17, 15) is 46.5 Å². The first-order chi connectivity index (χ1) is 30.1. The number of benzene rings is 2. The number of aldehydes is 1. The van der Waals surface area contributed by atoms with Gasteiger partial charge in [-0.05, 0) is 76.8 Å². The molecule has 64 heavy (non-hydrogen) atoms. The second-order valence-corrected chi connectivity index (χ2v) is 20.7. The molecule has 0 aliphatic rings. The van der Waals surface area contributed by atoms with Gasteiger partial charge in [0.25, 0.3) is 20.0 Å². The molecule has 6 aromatic rings. The van der Waals surface area contributed by atoms with Crippen LogP contribution >= 0.6 is 0 Å². The molecule has 2 unspecified atom stereocenters. The average Bonchev–Trinajstić information content (AvgIpc) is 3.89. The molecule has 4 aromatic heterocycles. The maximum Gasteiger partial charge on any atom is 0.404 e. The quantitative estimate of drug-likeness (QED) is 0.0675. The number of carbonyl (C=O) groups is 3. The minimum atomic E-state index is -4.01. The Morgan fingerprint density at radius 2 is 1.08 bits per heavy atom. The summed E-state index contributed by atoms with van der Waals surface area (Å²) in [5, 5.41) is 33.4. The van der Waals surface area contributed by atoms with Crippen molar-refractivity contribution < 1.29 is 46.5 Å². The Morgan fingerprint density at radius 1 is 0.656 bits per heavy atom. The number of aliphatic hydroxyl groups excluding tert-OH is 1. The lowest BCUT2D eigenvalue weighted by Crippen LogP contribution is -2.44. The van der Waals surface area contributed by atoms with Crippen LogP contribution in [0, 0.1) is 10.8 Å². The number of aromatic nitrogens is 4. The van der Waals surface area contributed by atoms with Gasteiger partial charge in [0.15, 0.2) is 6.29 Å². The highest BCUT2D eigenvalue weighted by atomic mass is 32.2. The molecule has 2 aromatic carbocycles. The molecule has 0 spiro atoms. The number of carboxylic acid groups (broad SMARTS) is 2. The van der Waals surface area contributed by atoms with Crippen molar-refractivity contribution in [1.29, 1.82) is 0 Å². The highest BCUT2D eigenvalue weighted by Gasteiger charge is 2.31. The predicted octanol–water partition coefficient (Wildman–Crippen LogP) is 7.33. The number of hydrogen-bond donors (Lipinski definition) is 5. The number of pyridine rings is 2. The summed E-state index contributed by atoms with van der Waals surface area (Å²) in [6.07, 6.45) is 7.43. The smallest absolute Gasteiger partial charge is 0.404 e. The predicted molar refractivity (Wildman–Crippen MR) is 241 cm³/mol. The molecule has 0 fully saturated rings. The molecule has 16 nitrogen and oxygen atoms in total. The minimum absolute atomic E-state index is 0.00279. The molecule has 0 aliphatic heterocycles. The lowest BCUT2D eigenvalue weighted by atomic mass is 9.83. The Hall–Kier alpha value is -6.63. The van der Waals surface area contributed by atoms with Crippen LogP contribution < -0.4 is 10.6 Å². The number of aliphatic hydroxyl groups is 1. The highest BCUT2D eigenvalue weighted by molar-refractivity contribution is 7.90. The van der Waals surface area contributed by atoms with Crippen molar-refractivity contribution in [3.8, 4) is 22.5 Å². The van der Waals surface area contributed by atoms with Gasteiger partial charge in [-0.2, -0.15) is 0 Å². The van der Waals surface area contributed by atoms with Crippen molar-refractivity contribution in [3.63, 3.8) is 0 Å². The Labute approximate surface area is 372 Å². The van der Waals surface area contributed by atoms with Crippen LogP contribution in [-0.2, 0) is 39.5 Å². The average molecular weight is 913 g/mol. The van der Waals surface area contributed by atoms with E-state index in [1.807, 2.05) is 41.5 Å². The normalized spacial score (nSPS) is 12.9. The zero-order valence-corrected chi connectivity index (χ0v) is 37.8. The Morgan fingerprint density at radius 3 is 1.47 bits per heavy atom. The number of amides is 2. The van der Waals surface area contributed by atoms with Crippen LogP contribution in [0.5, 0.6) is 0 Å². The number of carbonyl (C=O) groups excluding carboxylic acids is 1. The molecule has 2 amide bonds. The van der Waals surface area contributed by atoms with Crippen LogP contribution in [0.3, 0.4) is 0 Å². The molecule has 0 aliphatic carbocycles. The summed E-state index contributed by atoms with van der Waals surface area (Å²) in [4.78, 5) is 42.1. The van der Waals surface area contributed by atoms with Gasteiger partial charge < -0.3 is 26.0 Å². The standard InChI is InChI=1S/C23H27N3O5S.C23H25N3O5S/c2*1-23(2,3)21(25-22(28)29)12-16-11-20(19-9-5-4-7-17(19)15-27)26(14-16)32(30,31)18-8-6-10-24-13-18/h4-11,13-14,21,25,27H,12,15H2,1-3H3,(H,28,29);4-11,13-15,21,25H,12H2,1-3H3,(H,28,29). The van der Waals surface area contributed by atoms with E-state index in [1.165, 1.54) is 59.4 Å². The Bertz CT molecular complexity index is 2810. The number of nitrogens with zero attached hydrogens (tertiary/aromatic N) is 4. The van der Waals surface area contributed by atoms with E-state index in [0.29, 0.717) is 57.5 Å². The van der Waals surface area contributed by atoms with E-state index < -0.39 is 55.1 Å². The number of hydrogen-bond acceptors (Lipinski definition) is 10. The van der Waals surface area contributed by atoms with Gasteiger partial charge in [0.05, 0.1) is 18.0 Å². The highest BCUT2D eigenvalue weighted by Crippen LogP contribution is 2.33. The van der Waals surface area contributed by atoms with Gasteiger partial charge in [0.2, 0.25) is 0 Å². The molecule has 338 valence electrons. The maximum absolute atomic E-state index is 13.5. The summed E-state index contributed by atoms with van der Waals surface area (Å²) in [5.74, 6) is 0. The lowest BCUT2D eigenvalue weighted by Gasteiger charge is -2.30. The zero-order chi connectivity index (χ0) is 47.0. The van der Waals surface area contributed by atoms with E-state index in [2.05, 4.69) is 20.6 Å². The molecule has 18 heteroatoms. The topological polar surface area (TPSA) is 240 Å². The fraction of sp³-hybridized carbons (Fsp3) is 0.283. The van der Waals surface area contributed by atoms with Crippen molar-refractivity contribution in [2.45, 2.75) is 82.9 Å². The van der Waals surface area contributed by atoms with E-state index in [-0.39, 0.29) is 22.8 Å². The van der Waals surface area contributed by atoms with Gasteiger partial charge >= 0.3 is 12.2 Å².